The standard InChI is InChI=1S/C6H5F2/c7-6(8)5-3-1-2-4-5/h1-4,6H/q-1. The Kier molecular flexibility index (Phi) is 1.33. The highest BCUT2D eigenvalue weighted by Gasteiger charge is 1.94. The van der Waals surface area contributed by atoms with Crippen LogP contribution in [0.25, 0.3) is 0 Å². The van der Waals surface area contributed by atoms with E-state index in [1.807, 2.05) is 0 Å². The fourth-order valence-electron chi connectivity index (χ4n) is 0.534. The molecule has 0 radical (unpaired) electrons. The molecule has 0 spiro atoms. The molecular weight excluding hydrogens is 110 g/mol. The molecule has 0 atom stereocenters. The largest absolute Gasteiger partial charge is 0.220 e. The molecule has 44 valence electrons. The fourth-order valence-corrected chi connectivity index (χ4v) is 0.534. The first kappa shape index (κ1) is 5.35. The molecule has 0 heterocycles. The second-order valence-corrected chi connectivity index (χ2v) is 1.52. The van der Waals surface area contributed by atoms with Crippen molar-refractivity contribution in [3.8, 4) is 0 Å². The van der Waals surface area contributed by atoms with Gasteiger partial charge < -0.3 is 0 Å². The molecule has 1 rings (SSSR count). The highest BCUT2D eigenvalue weighted by Crippen LogP contribution is 2.17. The topological polar surface area (TPSA) is 0 Å². The second kappa shape index (κ2) is 1.99. The predicted octanol–water partition coefficient (Wildman–Crippen LogP) is 2.34. The number of alkyl halides is 2. The van der Waals surface area contributed by atoms with Crippen LogP contribution in [0.2, 0.25) is 0 Å². The van der Waals surface area contributed by atoms with Crippen molar-refractivity contribution < 1.29 is 8.78 Å². The molecule has 0 saturated carbocycles. The maximum Gasteiger partial charge on any atom is 0.212 e. The maximum atomic E-state index is 11.6. The summed E-state index contributed by atoms with van der Waals surface area (Å²) < 4.78 is 23.2. The van der Waals surface area contributed by atoms with Crippen molar-refractivity contribution in [2.24, 2.45) is 0 Å². The number of hydrogen-bond acceptors (Lipinski definition) is 0. The van der Waals surface area contributed by atoms with Gasteiger partial charge in [0.05, 0.1) is 0 Å². The minimum absolute atomic E-state index is 0.102. The van der Waals surface area contributed by atoms with Gasteiger partial charge in [-0.05, 0) is 0 Å². The molecule has 2 heteroatoms. The van der Waals surface area contributed by atoms with E-state index in [4.69, 9.17) is 0 Å². The summed E-state index contributed by atoms with van der Waals surface area (Å²) in [5, 5.41) is 0. The van der Waals surface area contributed by atoms with E-state index in [0.717, 1.165) is 0 Å². The molecule has 0 bridgehead atoms. The Hall–Kier alpha value is -0.790. The minimum Gasteiger partial charge on any atom is -0.220 e. The van der Waals surface area contributed by atoms with Crippen molar-refractivity contribution in [2.45, 2.75) is 6.43 Å². The van der Waals surface area contributed by atoms with Crippen LogP contribution in [0.5, 0.6) is 0 Å². The van der Waals surface area contributed by atoms with Crippen molar-refractivity contribution >= 4 is 0 Å². The van der Waals surface area contributed by atoms with Crippen LogP contribution in [0.1, 0.15) is 12.0 Å². The first-order valence-corrected chi connectivity index (χ1v) is 2.30. The van der Waals surface area contributed by atoms with Crippen LogP contribution in [-0.4, -0.2) is 0 Å². The summed E-state index contributed by atoms with van der Waals surface area (Å²) in [6.45, 7) is 0. The van der Waals surface area contributed by atoms with Crippen LogP contribution in [0, 0.1) is 0 Å². The quantitative estimate of drug-likeness (QED) is 0.493. The first-order chi connectivity index (χ1) is 3.80. The van der Waals surface area contributed by atoms with Gasteiger partial charge >= 0.3 is 0 Å². The van der Waals surface area contributed by atoms with Gasteiger partial charge in [-0.1, -0.05) is 0 Å². The molecule has 8 heavy (non-hydrogen) atoms. The highest BCUT2D eigenvalue weighted by molar-refractivity contribution is 5.16. The Morgan fingerprint density at radius 1 is 1.50 bits per heavy atom. The van der Waals surface area contributed by atoms with Gasteiger partial charge in [-0.25, -0.2) is 14.8 Å². The van der Waals surface area contributed by atoms with Crippen molar-refractivity contribution in [1.82, 2.24) is 0 Å². The van der Waals surface area contributed by atoms with Gasteiger partial charge in [0.2, 0.25) is 6.43 Å². The monoisotopic (exact) mass is 115 g/mol. The number of halogens is 2. The first-order valence-electron chi connectivity index (χ1n) is 2.30. The van der Waals surface area contributed by atoms with E-state index in [1.54, 1.807) is 12.1 Å². The van der Waals surface area contributed by atoms with Crippen molar-refractivity contribution in [2.75, 3.05) is 0 Å². The number of hydrogen-bond donors (Lipinski definition) is 0. The van der Waals surface area contributed by atoms with Crippen molar-refractivity contribution in [1.29, 1.82) is 0 Å². The third-order valence-electron chi connectivity index (χ3n) is 0.940. The van der Waals surface area contributed by atoms with E-state index >= 15 is 0 Å². The molecule has 0 aliphatic heterocycles. The lowest BCUT2D eigenvalue weighted by molar-refractivity contribution is 0.152. The summed E-state index contributed by atoms with van der Waals surface area (Å²) in [7, 11) is 0. The Labute approximate surface area is 46.1 Å². The van der Waals surface area contributed by atoms with Gasteiger partial charge in [0.25, 0.3) is 0 Å². The van der Waals surface area contributed by atoms with E-state index < -0.39 is 6.43 Å². The van der Waals surface area contributed by atoms with Crippen LogP contribution in [0.15, 0.2) is 24.3 Å². The minimum atomic E-state index is -2.31. The summed E-state index contributed by atoms with van der Waals surface area (Å²) in [6, 6.07) is 6.01. The Morgan fingerprint density at radius 2 is 2.25 bits per heavy atom. The fraction of sp³-hybridized carbons (Fsp3) is 0.167. The van der Waals surface area contributed by atoms with Crippen LogP contribution >= 0.6 is 0 Å². The predicted molar refractivity (Wildman–Crippen MR) is 27.0 cm³/mol. The normalized spacial score (nSPS) is 10.4. The molecular formula is C6H5F2-. The van der Waals surface area contributed by atoms with E-state index in [9.17, 15) is 8.78 Å². The molecule has 1 aromatic rings. The average molecular weight is 115 g/mol. The Bertz CT molecular complexity index is 142. The van der Waals surface area contributed by atoms with Crippen LogP contribution in [0.4, 0.5) is 8.78 Å². The van der Waals surface area contributed by atoms with Crippen LogP contribution in [-0.2, 0) is 0 Å². The van der Waals surface area contributed by atoms with E-state index in [1.165, 1.54) is 12.1 Å². The molecule has 0 aliphatic carbocycles. The van der Waals surface area contributed by atoms with Crippen molar-refractivity contribution in [3.63, 3.8) is 0 Å². The van der Waals surface area contributed by atoms with Gasteiger partial charge in [0.15, 0.2) is 0 Å². The zero-order valence-electron chi connectivity index (χ0n) is 4.14. The third kappa shape index (κ3) is 0.886. The average Bonchev–Trinajstić information content (AvgIpc) is 2.12. The van der Waals surface area contributed by atoms with Crippen LogP contribution in [0.3, 0.4) is 0 Å². The molecule has 0 nitrogen and oxygen atoms in total. The second-order valence-electron chi connectivity index (χ2n) is 1.52. The lowest BCUT2D eigenvalue weighted by Crippen LogP contribution is -1.74. The summed E-state index contributed by atoms with van der Waals surface area (Å²) in [5.74, 6) is 0. The molecule has 0 saturated heterocycles. The molecule has 0 aliphatic rings. The lowest BCUT2D eigenvalue weighted by atomic mass is 10.4. The van der Waals surface area contributed by atoms with Crippen molar-refractivity contribution in [3.05, 3.63) is 29.8 Å². The summed E-state index contributed by atoms with van der Waals surface area (Å²) >= 11 is 0. The molecule has 0 fully saturated rings. The zero-order valence-corrected chi connectivity index (χ0v) is 4.14. The zero-order chi connectivity index (χ0) is 5.98. The maximum absolute atomic E-state index is 11.6. The highest BCUT2D eigenvalue weighted by atomic mass is 19.3. The van der Waals surface area contributed by atoms with E-state index in [0.29, 0.717) is 0 Å². The smallest absolute Gasteiger partial charge is 0.212 e. The Morgan fingerprint density at radius 3 is 2.50 bits per heavy atom. The van der Waals surface area contributed by atoms with Gasteiger partial charge in [-0.3, -0.25) is 0 Å². The van der Waals surface area contributed by atoms with Gasteiger partial charge in [-0.15, -0.1) is 5.56 Å². The number of rotatable bonds is 1. The van der Waals surface area contributed by atoms with E-state index in [-0.39, 0.29) is 5.56 Å². The van der Waals surface area contributed by atoms with Gasteiger partial charge in [0, 0.05) is 0 Å². The molecule has 1 aromatic carbocycles. The molecule has 0 aromatic heterocycles. The lowest BCUT2D eigenvalue weighted by Gasteiger charge is -1.97. The van der Waals surface area contributed by atoms with Crippen LogP contribution < -0.4 is 0 Å². The Balaban J connectivity index is 2.77. The summed E-state index contributed by atoms with van der Waals surface area (Å²) in [5.41, 5.74) is 0.102. The SMILES string of the molecule is FC(F)c1cc[cH-]c1. The third-order valence-corrected chi connectivity index (χ3v) is 0.940. The summed E-state index contributed by atoms with van der Waals surface area (Å²) in [4.78, 5) is 0. The van der Waals surface area contributed by atoms with E-state index in [2.05, 4.69) is 0 Å². The van der Waals surface area contributed by atoms with Gasteiger partial charge in [-0.2, -0.15) is 18.2 Å². The molecule has 0 N–H and O–H groups in total. The van der Waals surface area contributed by atoms with Gasteiger partial charge in [0.1, 0.15) is 0 Å². The molecule has 0 amide bonds. The molecule has 0 unspecified atom stereocenters. The summed E-state index contributed by atoms with van der Waals surface area (Å²) in [6.07, 6.45) is -2.31.